The molecule has 0 fully saturated rings. The van der Waals surface area contributed by atoms with E-state index in [0.717, 1.165) is 0 Å². The number of anilines is 1. The molecule has 1 aromatic rings. The molecule has 0 aliphatic rings. The first-order valence-electron chi connectivity index (χ1n) is 5.29. The van der Waals surface area contributed by atoms with Gasteiger partial charge < -0.3 is 15.7 Å². The first kappa shape index (κ1) is 12.5. The van der Waals surface area contributed by atoms with Crippen molar-refractivity contribution in [1.29, 1.82) is 0 Å². The summed E-state index contributed by atoms with van der Waals surface area (Å²) in [5.74, 6) is -0.145. The lowest BCUT2D eigenvalue weighted by molar-refractivity contribution is 0.0744. The van der Waals surface area contributed by atoms with Crippen LogP contribution in [0.25, 0.3) is 0 Å². The van der Waals surface area contributed by atoms with Gasteiger partial charge in [0.05, 0.1) is 11.9 Å². The molecule has 1 heterocycles. The lowest BCUT2D eigenvalue weighted by Crippen LogP contribution is -2.34. The first-order chi connectivity index (χ1) is 7.61. The van der Waals surface area contributed by atoms with Crippen LogP contribution >= 0.6 is 0 Å². The van der Waals surface area contributed by atoms with Gasteiger partial charge in [-0.05, 0) is 13.3 Å². The summed E-state index contributed by atoms with van der Waals surface area (Å²) in [6, 6.07) is 0. The number of aryl methyl sites for hydroxylation is 1. The summed E-state index contributed by atoms with van der Waals surface area (Å²) in [4.78, 5) is 13.7. The van der Waals surface area contributed by atoms with E-state index in [1.807, 2.05) is 6.92 Å². The second-order valence-electron chi connectivity index (χ2n) is 3.53. The molecular formula is C10H18N4O2. The number of aliphatic hydroxyl groups is 1. The fourth-order valence-electron chi connectivity index (χ4n) is 1.53. The Morgan fingerprint density at radius 1 is 1.69 bits per heavy atom. The molecule has 90 valence electrons. The maximum absolute atomic E-state index is 12.1. The molecular weight excluding hydrogens is 208 g/mol. The van der Waals surface area contributed by atoms with Crippen LogP contribution in [0.5, 0.6) is 0 Å². The second kappa shape index (κ2) is 5.50. The van der Waals surface area contributed by atoms with Crippen molar-refractivity contribution in [2.24, 2.45) is 7.05 Å². The lowest BCUT2D eigenvalue weighted by Gasteiger charge is -2.20. The molecule has 6 nitrogen and oxygen atoms in total. The number of nitrogens with two attached hydrogens (primary N) is 1. The summed E-state index contributed by atoms with van der Waals surface area (Å²) in [6.07, 6.45) is 2.03. The van der Waals surface area contributed by atoms with Crippen LogP contribution in [0.3, 0.4) is 0 Å². The molecule has 0 spiro atoms. The molecule has 1 rings (SSSR count). The molecule has 6 heteroatoms. The average molecular weight is 226 g/mol. The van der Waals surface area contributed by atoms with Gasteiger partial charge in [-0.25, -0.2) is 0 Å². The predicted molar refractivity (Wildman–Crippen MR) is 60.9 cm³/mol. The molecule has 1 aromatic heterocycles. The first-order valence-corrected chi connectivity index (χ1v) is 5.29. The summed E-state index contributed by atoms with van der Waals surface area (Å²) in [5.41, 5.74) is 6.47. The zero-order valence-electron chi connectivity index (χ0n) is 9.68. The third kappa shape index (κ3) is 2.52. The van der Waals surface area contributed by atoms with Gasteiger partial charge in [-0.1, -0.05) is 0 Å². The summed E-state index contributed by atoms with van der Waals surface area (Å²) < 4.78 is 1.47. The number of nitrogen functional groups attached to an aromatic ring is 1. The van der Waals surface area contributed by atoms with Gasteiger partial charge in [-0.15, -0.1) is 0 Å². The van der Waals surface area contributed by atoms with E-state index in [4.69, 9.17) is 10.8 Å². The molecule has 1 amide bonds. The number of aliphatic hydroxyl groups excluding tert-OH is 1. The monoisotopic (exact) mass is 226 g/mol. The minimum atomic E-state index is -0.145. The molecule has 0 saturated heterocycles. The number of carbonyl (C=O) groups excluding carboxylic acids is 1. The molecule has 0 aromatic carbocycles. The van der Waals surface area contributed by atoms with E-state index in [1.54, 1.807) is 11.9 Å². The topological polar surface area (TPSA) is 84.4 Å². The van der Waals surface area contributed by atoms with Crippen LogP contribution < -0.4 is 5.73 Å². The van der Waals surface area contributed by atoms with Crippen LogP contribution in [0.1, 0.15) is 23.8 Å². The number of hydrogen-bond acceptors (Lipinski definition) is 4. The highest BCUT2D eigenvalue weighted by atomic mass is 16.3. The summed E-state index contributed by atoms with van der Waals surface area (Å²) in [7, 11) is 1.68. The van der Waals surface area contributed by atoms with E-state index in [1.165, 1.54) is 10.9 Å². The van der Waals surface area contributed by atoms with E-state index in [-0.39, 0.29) is 12.5 Å². The van der Waals surface area contributed by atoms with Crippen LogP contribution in [0.2, 0.25) is 0 Å². The van der Waals surface area contributed by atoms with Gasteiger partial charge in [0.2, 0.25) is 0 Å². The van der Waals surface area contributed by atoms with Gasteiger partial charge in [-0.3, -0.25) is 9.48 Å². The van der Waals surface area contributed by atoms with E-state index in [2.05, 4.69) is 5.10 Å². The second-order valence-corrected chi connectivity index (χ2v) is 3.53. The van der Waals surface area contributed by atoms with Crippen LogP contribution in [0.15, 0.2) is 6.20 Å². The van der Waals surface area contributed by atoms with Crippen LogP contribution in [-0.2, 0) is 7.05 Å². The fourth-order valence-corrected chi connectivity index (χ4v) is 1.53. The molecule has 16 heavy (non-hydrogen) atoms. The number of amides is 1. The van der Waals surface area contributed by atoms with Crippen molar-refractivity contribution in [3.05, 3.63) is 11.9 Å². The molecule has 0 unspecified atom stereocenters. The molecule has 3 N–H and O–H groups in total. The molecule has 0 radical (unpaired) electrons. The van der Waals surface area contributed by atoms with Crippen molar-refractivity contribution in [3.63, 3.8) is 0 Å². The maximum atomic E-state index is 12.1. The normalized spacial score (nSPS) is 10.4. The Morgan fingerprint density at radius 3 is 2.81 bits per heavy atom. The van der Waals surface area contributed by atoms with Crippen molar-refractivity contribution < 1.29 is 9.90 Å². The highest BCUT2D eigenvalue weighted by molar-refractivity contribution is 5.97. The Bertz CT molecular complexity index is 342. The van der Waals surface area contributed by atoms with Gasteiger partial charge in [0.15, 0.2) is 0 Å². The number of carbonyl (C=O) groups is 1. The van der Waals surface area contributed by atoms with E-state index >= 15 is 0 Å². The number of rotatable bonds is 5. The molecule has 0 aliphatic heterocycles. The van der Waals surface area contributed by atoms with Gasteiger partial charge in [0, 0.05) is 26.7 Å². The summed E-state index contributed by atoms with van der Waals surface area (Å²) in [5, 5.41) is 12.7. The van der Waals surface area contributed by atoms with Crippen molar-refractivity contribution >= 4 is 11.6 Å². The number of hydrogen-bond donors (Lipinski definition) is 2. The van der Waals surface area contributed by atoms with Crippen molar-refractivity contribution in [3.8, 4) is 0 Å². The number of nitrogens with zero attached hydrogens (tertiary/aromatic N) is 3. The molecule has 0 saturated carbocycles. The number of aromatic nitrogens is 2. The minimum absolute atomic E-state index is 0.0741. The average Bonchev–Trinajstić information content (AvgIpc) is 2.59. The Morgan fingerprint density at radius 2 is 2.38 bits per heavy atom. The van der Waals surface area contributed by atoms with Crippen molar-refractivity contribution in [2.75, 3.05) is 25.4 Å². The zero-order valence-corrected chi connectivity index (χ0v) is 9.68. The molecule has 0 aliphatic carbocycles. The molecule has 0 bridgehead atoms. The summed E-state index contributed by atoms with van der Waals surface area (Å²) in [6.45, 7) is 3.08. The van der Waals surface area contributed by atoms with E-state index < -0.39 is 0 Å². The zero-order chi connectivity index (χ0) is 12.1. The summed E-state index contributed by atoms with van der Waals surface area (Å²) >= 11 is 0. The highest BCUT2D eigenvalue weighted by Crippen LogP contribution is 2.12. The van der Waals surface area contributed by atoms with Gasteiger partial charge in [0.1, 0.15) is 5.69 Å². The van der Waals surface area contributed by atoms with Crippen molar-refractivity contribution in [1.82, 2.24) is 14.7 Å². The third-order valence-corrected chi connectivity index (χ3v) is 2.42. The smallest absolute Gasteiger partial charge is 0.274 e. The highest BCUT2D eigenvalue weighted by Gasteiger charge is 2.20. The Kier molecular flexibility index (Phi) is 4.30. The predicted octanol–water partition coefficient (Wildman–Crippen LogP) is -0.153. The Balaban J connectivity index is 2.82. The Labute approximate surface area is 94.6 Å². The van der Waals surface area contributed by atoms with Crippen LogP contribution in [0, 0.1) is 0 Å². The standard InChI is InChI=1S/C10H18N4O2/c1-3-14(5-4-6-15)10(16)9-8(11)7-12-13(9)2/h7,15H,3-6,11H2,1-2H3. The lowest BCUT2D eigenvalue weighted by atomic mass is 10.3. The largest absolute Gasteiger partial charge is 0.396 e. The van der Waals surface area contributed by atoms with Gasteiger partial charge >= 0.3 is 0 Å². The quantitative estimate of drug-likeness (QED) is 0.731. The SMILES string of the molecule is CCN(CCCO)C(=O)c1c(N)cnn1C. The van der Waals surface area contributed by atoms with E-state index in [0.29, 0.717) is 30.9 Å². The van der Waals surface area contributed by atoms with Crippen molar-refractivity contribution in [2.45, 2.75) is 13.3 Å². The molecule has 0 atom stereocenters. The van der Waals surface area contributed by atoms with Crippen LogP contribution in [0.4, 0.5) is 5.69 Å². The van der Waals surface area contributed by atoms with Crippen LogP contribution in [-0.4, -0.2) is 45.4 Å². The Hall–Kier alpha value is -1.56. The minimum Gasteiger partial charge on any atom is -0.396 e. The fraction of sp³-hybridized carbons (Fsp3) is 0.600. The third-order valence-electron chi connectivity index (χ3n) is 2.42. The van der Waals surface area contributed by atoms with Gasteiger partial charge in [0.25, 0.3) is 5.91 Å². The van der Waals surface area contributed by atoms with Gasteiger partial charge in [-0.2, -0.15) is 5.10 Å². The van der Waals surface area contributed by atoms with E-state index in [9.17, 15) is 4.79 Å². The maximum Gasteiger partial charge on any atom is 0.274 e.